The first-order valence-corrected chi connectivity index (χ1v) is 7.40. The zero-order valence-corrected chi connectivity index (χ0v) is 11.9. The van der Waals surface area contributed by atoms with Crippen LogP contribution in [0.15, 0.2) is 40.0 Å². The summed E-state index contributed by atoms with van der Waals surface area (Å²) in [7, 11) is -3.56. The summed E-state index contributed by atoms with van der Waals surface area (Å²) in [5.74, 6) is 0.468. The summed E-state index contributed by atoms with van der Waals surface area (Å²) >= 11 is 3.26. The van der Waals surface area contributed by atoms with E-state index in [2.05, 4.69) is 35.8 Å². The van der Waals surface area contributed by atoms with Gasteiger partial charge in [-0.2, -0.15) is 5.10 Å². The van der Waals surface area contributed by atoms with Crippen LogP contribution in [0.25, 0.3) is 0 Å². The second kappa shape index (κ2) is 5.17. The molecule has 8 heteroatoms. The molecule has 1 heterocycles. The predicted molar refractivity (Wildman–Crippen MR) is 69.3 cm³/mol. The molecular weight excluding hydrogens is 320 g/mol. The predicted octanol–water partition coefficient (Wildman–Crippen LogP) is 1.61. The van der Waals surface area contributed by atoms with Gasteiger partial charge >= 0.3 is 0 Å². The number of hydrogen-bond donors (Lipinski definition) is 2. The maximum atomic E-state index is 12.1. The molecule has 0 aliphatic rings. The summed E-state index contributed by atoms with van der Waals surface area (Å²) < 4.78 is 27.5. The quantitative estimate of drug-likeness (QED) is 0.891. The summed E-state index contributed by atoms with van der Waals surface area (Å²) in [5.41, 5.74) is 0. The van der Waals surface area contributed by atoms with Gasteiger partial charge in [0.2, 0.25) is 10.0 Å². The number of rotatable bonds is 4. The third-order valence-electron chi connectivity index (χ3n) is 2.30. The third-order valence-corrected chi connectivity index (χ3v) is 4.38. The molecule has 0 spiro atoms. The Bertz CT molecular complexity index is 610. The van der Waals surface area contributed by atoms with Gasteiger partial charge in [-0.3, -0.25) is 5.10 Å². The highest BCUT2D eigenvalue weighted by atomic mass is 79.9. The number of sulfonamides is 1. The smallest absolute Gasteiger partial charge is 0.241 e. The Morgan fingerprint density at radius 3 is 2.56 bits per heavy atom. The van der Waals surface area contributed by atoms with E-state index in [9.17, 15) is 8.42 Å². The summed E-state index contributed by atoms with van der Waals surface area (Å²) in [6.07, 6.45) is 1.33. The maximum Gasteiger partial charge on any atom is 0.241 e. The molecule has 0 saturated heterocycles. The van der Waals surface area contributed by atoms with E-state index in [-0.39, 0.29) is 4.90 Å². The van der Waals surface area contributed by atoms with Crippen molar-refractivity contribution in [2.24, 2.45) is 0 Å². The van der Waals surface area contributed by atoms with Gasteiger partial charge in [0.25, 0.3) is 0 Å². The second-order valence-electron chi connectivity index (χ2n) is 3.67. The Balaban J connectivity index is 2.20. The molecule has 1 atom stereocenters. The SMILES string of the molecule is CC(NS(=O)(=O)c1ccc(Br)cc1)c1ncn[nH]1. The van der Waals surface area contributed by atoms with Crippen molar-refractivity contribution in [3.63, 3.8) is 0 Å². The van der Waals surface area contributed by atoms with Gasteiger partial charge in [0, 0.05) is 4.47 Å². The van der Waals surface area contributed by atoms with Crippen LogP contribution >= 0.6 is 15.9 Å². The van der Waals surface area contributed by atoms with Crippen LogP contribution in [0.3, 0.4) is 0 Å². The van der Waals surface area contributed by atoms with Crippen LogP contribution in [0.2, 0.25) is 0 Å². The normalized spacial score (nSPS) is 13.4. The molecular formula is C10H11BrN4O2S. The Morgan fingerprint density at radius 1 is 1.33 bits per heavy atom. The van der Waals surface area contributed by atoms with Crippen molar-refractivity contribution < 1.29 is 8.42 Å². The molecule has 2 aromatic rings. The van der Waals surface area contributed by atoms with Gasteiger partial charge in [-0.05, 0) is 31.2 Å². The number of nitrogens with one attached hydrogen (secondary N) is 2. The zero-order valence-electron chi connectivity index (χ0n) is 9.46. The first kappa shape index (κ1) is 13.2. The lowest BCUT2D eigenvalue weighted by Gasteiger charge is -2.11. The Hall–Kier alpha value is -1.25. The molecule has 0 bridgehead atoms. The molecule has 6 nitrogen and oxygen atoms in total. The van der Waals surface area contributed by atoms with Gasteiger partial charge < -0.3 is 0 Å². The van der Waals surface area contributed by atoms with Crippen molar-refractivity contribution in [2.75, 3.05) is 0 Å². The largest absolute Gasteiger partial charge is 0.262 e. The van der Waals surface area contributed by atoms with Gasteiger partial charge in [-0.25, -0.2) is 18.1 Å². The molecule has 2 rings (SSSR count). The van der Waals surface area contributed by atoms with Crippen molar-refractivity contribution in [3.8, 4) is 0 Å². The molecule has 18 heavy (non-hydrogen) atoms. The van der Waals surface area contributed by atoms with Crippen LogP contribution in [0.1, 0.15) is 18.8 Å². The Morgan fingerprint density at radius 2 is 2.00 bits per heavy atom. The minimum atomic E-state index is -3.56. The molecule has 0 aliphatic heterocycles. The molecule has 0 fully saturated rings. The van der Waals surface area contributed by atoms with E-state index in [1.165, 1.54) is 18.5 Å². The fourth-order valence-electron chi connectivity index (χ4n) is 1.39. The van der Waals surface area contributed by atoms with Gasteiger partial charge in [0.05, 0.1) is 10.9 Å². The van der Waals surface area contributed by atoms with E-state index in [0.717, 1.165) is 4.47 Å². The van der Waals surface area contributed by atoms with E-state index in [0.29, 0.717) is 5.82 Å². The fraction of sp³-hybridized carbons (Fsp3) is 0.200. The van der Waals surface area contributed by atoms with Gasteiger partial charge in [0.1, 0.15) is 12.2 Å². The standard InChI is InChI=1S/C10H11BrN4O2S/c1-7(10-12-6-13-14-10)15-18(16,17)9-4-2-8(11)3-5-9/h2-7,15H,1H3,(H,12,13,14). The number of aromatic nitrogens is 3. The Kier molecular flexibility index (Phi) is 3.79. The lowest BCUT2D eigenvalue weighted by molar-refractivity contribution is 0.560. The van der Waals surface area contributed by atoms with E-state index >= 15 is 0 Å². The van der Waals surface area contributed by atoms with Crippen LogP contribution < -0.4 is 4.72 Å². The van der Waals surface area contributed by atoms with Crippen molar-refractivity contribution in [1.82, 2.24) is 19.9 Å². The fourth-order valence-corrected chi connectivity index (χ4v) is 2.87. The van der Waals surface area contributed by atoms with Crippen molar-refractivity contribution in [1.29, 1.82) is 0 Å². The summed E-state index contributed by atoms with van der Waals surface area (Å²) in [4.78, 5) is 4.11. The molecule has 0 saturated carbocycles. The van der Waals surface area contributed by atoms with Gasteiger partial charge in [-0.15, -0.1) is 0 Å². The molecule has 1 aromatic heterocycles. The highest BCUT2D eigenvalue weighted by Gasteiger charge is 2.19. The highest BCUT2D eigenvalue weighted by Crippen LogP contribution is 2.16. The lowest BCUT2D eigenvalue weighted by Crippen LogP contribution is -2.27. The van der Waals surface area contributed by atoms with Crippen LogP contribution in [-0.4, -0.2) is 23.6 Å². The number of halogens is 1. The van der Waals surface area contributed by atoms with E-state index in [1.807, 2.05) is 0 Å². The van der Waals surface area contributed by atoms with E-state index in [1.54, 1.807) is 19.1 Å². The first-order valence-electron chi connectivity index (χ1n) is 5.12. The first-order chi connectivity index (χ1) is 8.49. The molecule has 96 valence electrons. The van der Waals surface area contributed by atoms with Crippen molar-refractivity contribution in [3.05, 3.63) is 40.9 Å². The van der Waals surface area contributed by atoms with Crippen LogP contribution in [-0.2, 0) is 10.0 Å². The average molecular weight is 331 g/mol. The minimum absolute atomic E-state index is 0.206. The van der Waals surface area contributed by atoms with Crippen LogP contribution in [0.4, 0.5) is 0 Å². The minimum Gasteiger partial charge on any atom is -0.262 e. The van der Waals surface area contributed by atoms with Gasteiger partial charge in [-0.1, -0.05) is 15.9 Å². The molecule has 1 unspecified atom stereocenters. The number of hydrogen-bond acceptors (Lipinski definition) is 4. The second-order valence-corrected chi connectivity index (χ2v) is 6.30. The number of H-pyrrole nitrogens is 1. The van der Waals surface area contributed by atoms with Gasteiger partial charge in [0.15, 0.2) is 0 Å². The maximum absolute atomic E-state index is 12.1. The molecule has 2 N–H and O–H groups in total. The monoisotopic (exact) mass is 330 g/mol. The lowest BCUT2D eigenvalue weighted by atomic mass is 10.3. The number of aromatic amines is 1. The number of nitrogens with zero attached hydrogens (tertiary/aromatic N) is 2. The molecule has 0 aliphatic carbocycles. The average Bonchev–Trinajstić information content (AvgIpc) is 2.82. The van der Waals surface area contributed by atoms with Crippen molar-refractivity contribution >= 4 is 26.0 Å². The van der Waals surface area contributed by atoms with Crippen LogP contribution in [0.5, 0.6) is 0 Å². The zero-order chi connectivity index (χ0) is 13.2. The van der Waals surface area contributed by atoms with E-state index < -0.39 is 16.1 Å². The summed E-state index contributed by atoms with van der Waals surface area (Å²) in [6, 6.07) is 5.93. The topological polar surface area (TPSA) is 87.7 Å². The van der Waals surface area contributed by atoms with Crippen molar-refractivity contribution in [2.45, 2.75) is 17.9 Å². The summed E-state index contributed by atoms with van der Waals surface area (Å²) in [6.45, 7) is 1.69. The third kappa shape index (κ3) is 2.95. The Labute approximate surface area is 113 Å². The number of benzene rings is 1. The molecule has 1 aromatic carbocycles. The van der Waals surface area contributed by atoms with E-state index in [4.69, 9.17) is 0 Å². The summed E-state index contributed by atoms with van der Waals surface area (Å²) in [5, 5.41) is 6.30. The molecule has 0 radical (unpaired) electrons. The highest BCUT2D eigenvalue weighted by molar-refractivity contribution is 9.10. The molecule has 0 amide bonds. The van der Waals surface area contributed by atoms with Crippen LogP contribution in [0, 0.1) is 0 Å².